The van der Waals surface area contributed by atoms with E-state index in [1.807, 2.05) is 49.9 Å². The zero-order valence-electron chi connectivity index (χ0n) is 39.2. The molecule has 356 valence electrons. The molecule has 9 rings (SSSR count). The maximum absolute atomic E-state index is 14.0. The number of carbonyl (C=O) groups excluding carboxylic acids is 4. The summed E-state index contributed by atoms with van der Waals surface area (Å²) in [6.07, 6.45) is 9.12. The van der Waals surface area contributed by atoms with Crippen molar-refractivity contribution in [3.8, 4) is 22.4 Å². The normalized spacial score (nSPS) is 22.1. The number of fused-ring (bicyclic) bond motifs is 3. The molecule has 2 saturated carbocycles. The van der Waals surface area contributed by atoms with E-state index in [9.17, 15) is 28.0 Å². The molecule has 1 spiro atoms. The third-order valence-electron chi connectivity index (χ3n) is 14.5. The lowest BCUT2D eigenvalue weighted by molar-refractivity contribution is -0.148. The number of hydrogen-bond acceptors (Lipinski definition) is 9. The highest BCUT2D eigenvalue weighted by Crippen LogP contribution is 2.58. The number of esters is 1. The van der Waals surface area contributed by atoms with Crippen LogP contribution in [0.25, 0.3) is 38.7 Å². The van der Waals surface area contributed by atoms with Crippen molar-refractivity contribution >= 4 is 45.9 Å². The molecule has 1 aromatic heterocycles. The van der Waals surface area contributed by atoms with Gasteiger partial charge in [0, 0.05) is 42.9 Å². The molecule has 4 heterocycles. The Hall–Kier alpha value is -5.96. The van der Waals surface area contributed by atoms with Crippen molar-refractivity contribution in [1.82, 2.24) is 25.1 Å². The Labute approximate surface area is 390 Å². The summed E-state index contributed by atoms with van der Waals surface area (Å²) in [7, 11) is 2.55. The first-order valence-corrected chi connectivity index (χ1v) is 23.7. The van der Waals surface area contributed by atoms with Crippen LogP contribution in [0.5, 0.6) is 0 Å². The van der Waals surface area contributed by atoms with Gasteiger partial charge in [0.1, 0.15) is 11.9 Å². The summed E-state index contributed by atoms with van der Waals surface area (Å²) >= 11 is 0. The van der Waals surface area contributed by atoms with Crippen molar-refractivity contribution in [3.05, 3.63) is 84.4 Å². The monoisotopic (exact) mass is 920 g/mol. The zero-order chi connectivity index (χ0) is 47.6. The minimum atomic E-state index is -2.98. The Morgan fingerprint density at radius 3 is 2.25 bits per heavy atom. The van der Waals surface area contributed by atoms with Gasteiger partial charge in [-0.2, -0.15) is 8.78 Å². The van der Waals surface area contributed by atoms with E-state index in [0.29, 0.717) is 13.0 Å². The van der Waals surface area contributed by atoms with Gasteiger partial charge in [0.25, 0.3) is 0 Å². The Bertz CT molecular complexity index is 2530. The molecule has 15 heteroatoms. The molecule has 3 aromatic carbocycles. The maximum Gasteiger partial charge on any atom is 0.407 e. The molecule has 13 nitrogen and oxygen atoms in total. The molecule has 2 bridgehead atoms. The molecule has 6 atom stereocenters. The molecule has 3 aliphatic heterocycles. The van der Waals surface area contributed by atoms with Crippen LogP contribution in [0.4, 0.5) is 13.6 Å². The smallest absolute Gasteiger partial charge is 0.407 e. The van der Waals surface area contributed by atoms with E-state index in [2.05, 4.69) is 75.7 Å². The molecule has 67 heavy (non-hydrogen) atoms. The van der Waals surface area contributed by atoms with Gasteiger partial charge in [0.2, 0.25) is 11.8 Å². The summed E-state index contributed by atoms with van der Waals surface area (Å²) in [4.78, 5) is 69.4. The fourth-order valence-electron chi connectivity index (χ4n) is 10.7. The van der Waals surface area contributed by atoms with Crippen LogP contribution < -0.4 is 5.32 Å². The van der Waals surface area contributed by atoms with Crippen LogP contribution in [0, 0.1) is 23.2 Å². The number of halogens is 2. The van der Waals surface area contributed by atoms with Gasteiger partial charge in [-0.25, -0.2) is 9.78 Å². The second-order valence-electron chi connectivity index (χ2n) is 18.8. The van der Waals surface area contributed by atoms with Crippen LogP contribution >= 0.6 is 0 Å². The first-order valence-electron chi connectivity index (χ1n) is 23.7. The molecular formula is C52H62F2N6O7. The van der Waals surface area contributed by atoms with Gasteiger partial charge in [0.05, 0.1) is 57.1 Å². The maximum atomic E-state index is 14.0. The van der Waals surface area contributed by atoms with Gasteiger partial charge in [-0.15, -0.1) is 0 Å². The third-order valence-corrected chi connectivity index (χ3v) is 14.5. The van der Waals surface area contributed by atoms with Gasteiger partial charge in [-0.05, 0) is 101 Å². The van der Waals surface area contributed by atoms with Crippen molar-refractivity contribution < 1.29 is 42.2 Å². The molecule has 5 aliphatic rings. The summed E-state index contributed by atoms with van der Waals surface area (Å²) < 4.78 is 39.6. The number of nitrogens with zero attached hydrogens (tertiary/aromatic N) is 4. The van der Waals surface area contributed by atoms with Crippen molar-refractivity contribution in [2.75, 3.05) is 27.4 Å². The topological polar surface area (TPSA) is 156 Å². The summed E-state index contributed by atoms with van der Waals surface area (Å²) in [5.41, 5.74) is 7.12. The first kappa shape index (κ1) is 47.5. The summed E-state index contributed by atoms with van der Waals surface area (Å²) in [6, 6.07) is 19.7. The van der Waals surface area contributed by atoms with E-state index in [0.717, 1.165) is 94.4 Å². The Morgan fingerprint density at radius 1 is 0.896 bits per heavy atom. The molecule has 4 aromatic rings. The predicted molar refractivity (Wildman–Crippen MR) is 252 cm³/mol. The molecule has 0 unspecified atom stereocenters. The van der Waals surface area contributed by atoms with Gasteiger partial charge in [-0.3, -0.25) is 19.4 Å². The number of ether oxygens (including phenoxy) is 3. The highest BCUT2D eigenvalue weighted by atomic mass is 19.3. The van der Waals surface area contributed by atoms with Crippen molar-refractivity contribution in [2.45, 2.75) is 116 Å². The number of amides is 3. The fourth-order valence-corrected chi connectivity index (χ4v) is 10.7. The minimum absolute atomic E-state index is 0.00746. The Balaban J connectivity index is 0.00000300. The Morgan fingerprint density at radius 2 is 1.58 bits per heavy atom. The summed E-state index contributed by atoms with van der Waals surface area (Å²) in [6.45, 7) is 5.27. The van der Waals surface area contributed by atoms with E-state index < -0.39 is 31.3 Å². The van der Waals surface area contributed by atoms with E-state index in [4.69, 9.17) is 19.5 Å². The lowest BCUT2D eigenvalue weighted by atomic mass is 9.90. The third kappa shape index (κ3) is 10.0. The first-order chi connectivity index (χ1) is 32.3. The van der Waals surface area contributed by atoms with Gasteiger partial charge in [-0.1, -0.05) is 76.2 Å². The Kier molecular flexibility index (Phi) is 14.3. The SMILES string of the molecule is CC.COC(=O)C[C@H](C(=O)N1CC2(CC2)C[C@H]1c1ncc(-c2ccc3cc(-c4ccc(C5=CN=C([C@@H]6[C@H]7CC[C@H](C7)N6C(=O)[C@H](CCOC(F)F)NC(=O)OC)C5)cc4)ccc3c2)[nH]1)C(C)C. The van der Waals surface area contributed by atoms with Crippen LogP contribution in [0.2, 0.25) is 0 Å². The highest BCUT2D eigenvalue weighted by molar-refractivity contribution is 6.04. The number of nitrogens with one attached hydrogen (secondary N) is 2. The second kappa shape index (κ2) is 20.1. The number of carbonyl (C=O) groups is 4. The number of benzene rings is 3. The van der Waals surface area contributed by atoms with Crippen molar-refractivity contribution in [2.24, 2.45) is 28.2 Å². The van der Waals surface area contributed by atoms with E-state index >= 15 is 0 Å². The lowest BCUT2D eigenvalue weighted by Gasteiger charge is -2.38. The number of allylic oxidation sites excluding steroid dienone is 1. The van der Waals surface area contributed by atoms with Crippen LogP contribution in [0.1, 0.15) is 103 Å². The van der Waals surface area contributed by atoms with Crippen LogP contribution in [-0.2, 0) is 28.6 Å². The lowest BCUT2D eigenvalue weighted by Crippen LogP contribution is -2.56. The molecule has 2 N–H and O–H groups in total. The van der Waals surface area contributed by atoms with Gasteiger partial charge >= 0.3 is 18.7 Å². The minimum Gasteiger partial charge on any atom is -0.469 e. The summed E-state index contributed by atoms with van der Waals surface area (Å²) in [5, 5.41) is 4.71. The second-order valence-corrected chi connectivity index (χ2v) is 18.8. The van der Waals surface area contributed by atoms with Gasteiger partial charge < -0.3 is 34.3 Å². The molecule has 3 amide bonds. The van der Waals surface area contributed by atoms with E-state index in [1.165, 1.54) is 14.2 Å². The summed E-state index contributed by atoms with van der Waals surface area (Å²) in [5.74, 6) is -0.181. The van der Waals surface area contributed by atoms with Crippen molar-refractivity contribution in [3.63, 3.8) is 0 Å². The van der Waals surface area contributed by atoms with E-state index in [1.54, 1.807) is 0 Å². The zero-order valence-corrected chi connectivity index (χ0v) is 39.2. The van der Waals surface area contributed by atoms with Crippen molar-refractivity contribution in [1.29, 1.82) is 0 Å². The number of rotatable bonds is 15. The number of aromatic amines is 1. The number of H-pyrrole nitrogens is 1. The molecule has 2 aliphatic carbocycles. The molecule has 0 radical (unpaired) electrons. The number of alkyl carbamates (subject to hydrolysis) is 1. The number of aromatic nitrogens is 2. The quantitative estimate of drug-likeness (QED) is 0.112. The average Bonchev–Trinajstić information content (AvgIpc) is 3.98. The number of imidazole rings is 1. The number of aliphatic imine (C=N–C) groups is 1. The number of methoxy groups -OCH3 is 2. The van der Waals surface area contributed by atoms with Gasteiger partial charge in [0.15, 0.2) is 0 Å². The standard InChI is InChI=1S/C50H56F2N6O7.C2H6/c1-28(2)38(23-43(59)63-3)46(60)57-27-50(16-17-50)24-42(57)45-54-26-41(55-45)34-12-11-32-19-31(9-10-33(32)20-34)29-5-7-30(8-6-29)36-22-40(53-25-36)44-35-13-14-37(21-35)58(44)47(61)39(56-49(62)64-4)15-18-65-48(51)52;1-2/h5-12,19-20,25-26,28,35,37-39,42,44,48H,13-18,21-24,27H2,1-4H3,(H,54,55)(H,56,62);1-2H3/t35-,37+,38-,39-,42-,44-;/m0./s1. The number of likely N-dealkylation sites (tertiary alicyclic amines) is 2. The largest absolute Gasteiger partial charge is 0.469 e. The molecule has 4 fully saturated rings. The van der Waals surface area contributed by atoms with Crippen LogP contribution in [0.3, 0.4) is 0 Å². The highest BCUT2D eigenvalue weighted by Gasteiger charge is 2.55. The fraction of sp³-hybridized carbons (Fsp3) is 0.500. The number of piperidine rings is 1. The van der Waals surface area contributed by atoms with Crippen LogP contribution in [0.15, 0.2) is 78.1 Å². The van der Waals surface area contributed by atoms with Crippen LogP contribution in [-0.4, -0.2) is 101 Å². The average molecular weight is 921 g/mol. The number of alkyl halides is 2. The number of hydrogen-bond donors (Lipinski definition) is 2. The molecular weight excluding hydrogens is 859 g/mol. The van der Waals surface area contributed by atoms with E-state index in [-0.39, 0.29) is 66.0 Å². The molecule has 2 saturated heterocycles. The predicted octanol–water partition coefficient (Wildman–Crippen LogP) is 9.73.